The largest absolute Gasteiger partial charge is 0.316 e. The molecular weight excluding hydrogens is 206 g/mol. The van der Waals surface area contributed by atoms with Crippen molar-refractivity contribution in [3.8, 4) is 0 Å². The van der Waals surface area contributed by atoms with Gasteiger partial charge in [0.2, 0.25) is 0 Å². The maximum Gasteiger partial charge on any atom is 0.0408 e. The zero-order chi connectivity index (χ0) is 11.4. The van der Waals surface area contributed by atoms with Crippen LogP contribution in [0.25, 0.3) is 0 Å². The number of hydrogen-bond donors (Lipinski definition) is 1. The third-order valence-corrected chi connectivity index (χ3v) is 3.20. The summed E-state index contributed by atoms with van der Waals surface area (Å²) in [5, 5.41) is 4.19. The fourth-order valence-electron chi connectivity index (χ4n) is 2.16. The molecule has 0 saturated heterocycles. The van der Waals surface area contributed by atoms with Crippen LogP contribution in [0.5, 0.6) is 0 Å². The van der Waals surface area contributed by atoms with Crippen LogP contribution in [0.4, 0.5) is 0 Å². The summed E-state index contributed by atoms with van der Waals surface area (Å²) in [6.45, 7) is 6.72. The van der Waals surface area contributed by atoms with Crippen molar-refractivity contribution >= 4 is 11.6 Å². The van der Waals surface area contributed by atoms with Crippen molar-refractivity contribution in [2.24, 2.45) is 5.92 Å². The first-order chi connectivity index (χ1) is 7.06. The Hall–Kier alpha value is -0.530. The smallest absolute Gasteiger partial charge is 0.0408 e. The van der Waals surface area contributed by atoms with Crippen molar-refractivity contribution < 1.29 is 0 Å². The summed E-state index contributed by atoms with van der Waals surface area (Å²) in [5.74, 6) is 1.10. The van der Waals surface area contributed by atoms with E-state index in [9.17, 15) is 0 Å². The third-order valence-electron chi connectivity index (χ3n) is 2.96. The second-order valence-electron chi connectivity index (χ2n) is 4.40. The monoisotopic (exact) mass is 225 g/mol. The van der Waals surface area contributed by atoms with Crippen LogP contribution in [0.1, 0.15) is 32.3 Å². The summed E-state index contributed by atoms with van der Waals surface area (Å²) < 4.78 is 0. The topological polar surface area (TPSA) is 12.0 Å². The molecule has 1 aromatic rings. The standard InChI is InChI=1S/C13H20ClN/c1-9(2)13(15-4)10(3)11-6-5-7-12(14)8-11/h5-10,13,15H,1-4H3. The Morgan fingerprint density at radius 2 is 1.87 bits per heavy atom. The van der Waals surface area contributed by atoms with E-state index in [2.05, 4.69) is 38.2 Å². The molecule has 2 atom stereocenters. The fraction of sp³-hybridized carbons (Fsp3) is 0.538. The first-order valence-electron chi connectivity index (χ1n) is 5.49. The molecular formula is C13H20ClN. The molecule has 1 nitrogen and oxygen atoms in total. The summed E-state index contributed by atoms with van der Waals surface area (Å²) >= 11 is 6.00. The molecule has 0 aliphatic rings. The van der Waals surface area contributed by atoms with Gasteiger partial charge in [0.1, 0.15) is 0 Å². The highest BCUT2D eigenvalue weighted by Crippen LogP contribution is 2.25. The first-order valence-corrected chi connectivity index (χ1v) is 5.86. The van der Waals surface area contributed by atoms with E-state index in [0.29, 0.717) is 17.9 Å². The lowest BCUT2D eigenvalue weighted by molar-refractivity contribution is 0.376. The van der Waals surface area contributed by atoms with Gasteiger partial charge in [-0.05, 0) is 36.6 Å². The van der Waals surface area contributed by atoms with Crippen molar-refractivity contribution in [3.05, 3.63) is 34.9 Å². The Bertz CT molecular complexity index is 309. The average Bonchev–Trinajstić information content (AvgIpc) is 2.18. The molecule has 0 amide bonds. The number of rotatable bonds is 4. The number of benzene rings is 1. The van der Waals surface area contributed by atoms with Gasteiger partial charge in [-0.25, -0.2) is 0 Å². The van der Waals surface area contributed by atoms with E-state index >= 15 is 0 Å². The van der Waals surface area contributed by atoms with Crippen LogP contribution >= 0.6 is 11.6 Å². The second-order valence-corrected chi connectivity index (χ2v) is 4.84. The van der Waals surface area contributed by atoms with Gasteiger partial charge < -0.3 is 5.32 Å². The van der Waals surface area contributed by atoms with Gasteiger partial charge in [-0.1, -0.05) is 44.5 Å². The maximum atomic E-state index is 6.00. The van der Waals surface area contributed by atoms with Crippen molar-refractivity contribution in [1.82, 2.24) is 5.32 Å². The van der Waals surface area contributed by atoms with Gasteiger partial charge in [-0.15, -0.1) is 0 Å². The van der Waals surface area contributed by atoms with Gasteiger partial charge in [0.25, 0.3) is 0 Å². The molecule has 0 aromatic heterocycles. The SMILES string of the molecule is CNC(C(C)C)C(C)c1cccc(Cl)c1. The molecule has 0 aliphatic carbocycles. The van der Waals surface area contributed by atoms with Crippen LogP contribution in [0, 0.1) is 5.92 Å². The van der Waals surface area contributed by atoms with Crippen LogP contribution in [0.3, 0.4) is 0 Å². The molecule has 0 spiro atoms. The summed E-state index contributed by atoms with van der Waals surface area (Å²) in [4.78, 5) is 0. The highest BCUT2D eigenvalue weighted by atomic mass is 35.5. The first kappa shape index (κ1) is 12.5. The lowest BCUT2D eigenvalue weighted by Gasteiger charge is -2.27. The Labute approximate surface area is 97.8 Å². The van der Waals surface area contributed by atoms with Crippen LogP contribution in [0.2, 0.25) is 5.02 Å². The van der Waals surface area contributed by atoms with Gasteiger partial charge in [0.15, 0.2) is 0 Å². The lowest BCUT2D eigenvalue weighted by atomic mass is 9.86. The Kier molecular flexibility index (Phi) is 4.62. The van der Waals surface area contributed by atoms with Gasteiger partial charge in [0, 0.05) is 11.1 Å². The van der Waals surface area contributed by atoms with E-state index < -0.39 is 0 Å². The zero-order valence-electron chi connectivity index (χ0n) is 9.92. The van der Waals surface area contributed by atoms with Crippen LogP contribution in [0.15, 0.2) is 24.3 Å². The number of likely N-dealkylation sites (N-methyl/N-ethyl adjacent to an activating group) is 1. The molecule has 1 aromatic carbocycles. The van der Waals surface area contributed by atoms with E-state index in [1.54, 1.807) is 0 Å². The molecule has 2 heteroatoms. The predicted molar refractivity (Wildman–Crippen MR) is 67.6 cm³/mol. The molecule has 0 bridgehead atoms. The minimum Gasteiger partial charge on any atom is -0.316 e. The molecule has 1 N–H and O–H groups in total. The van der Waals surface area contributed by atoms with Gasteiger partial charge >= 0.3 is 0 Å². The van der Waals surface area contributed by atoms with Gasteiger partial charge in [-0.3, -0.25) is 0 Å². The summed E-state index contributed by atoms with van der Waals surface area (Å²) in [6, 6.07) is 8.62. The van der Waals surface area contributed by atoms with E-state index in [-0.39, 0.29) is 0 Å². The van der Waals surface area contributed by atoms with Crippen molar-refractivity contribution in [1.29, 1.82) is 0 Å². The molecule has 0 fully saturated rings. The second kappa shape index (κ2) is 5.53. The maximum absolute atomic E-state index is 6.00. The van der Waals surface area contributed by atoms with Crippen molar-refractivity contribution in [2.45, 2.75) is 32.7 Å². The quantitative estimate of drug-likeness (QED) is 0.824. The Balaban J connectivity index is 2.87. The number of halogens is 1. The highest BCUT2D eigenvalue weighted by molar-refractivity contribution is 6.30. The molecule has 0 aliphatic heterocycles. The summed E-state index contributed by atoms with van der Waals surface area (Å²) in [6.07, 6.45) is 0. The van der Waals surface area contributed by atoms with Crippen LogP contribution < -0.4 is 5.32 Å². The van der Waals surface area contributed by atoms with Crippen LogP contribution in [-0.2, 0) is 0 Å². The van der Waals surface area contributed by atoms with E-state index in [1.165, 1.54) is 5.56 Å². The van der Waals surface area contributed by atoms with Crippen molar-refractivity contribution in [3.63, 3.8) is 0 Å². The zero-order valence-corrected chi connectivity index (χ0v) is 10.7. The van der Waals surface area contributed by atoms with Crippen LogP contribution in [-0.4, -0.2) is 13.1 Å². The fourth-order valence-corrected chi connectivity index (χ4v) is 2.36. The summed E-state index contributed by atoms with van der Waals surface area (Å²) in [5.41, 5.74) is 1.30. The number of hydrogen-bond acceptors (Lipinski definition) is 1. The van der Waals surface area contributed by atoms with Gasteiger partial charge in [-0.2, -0.15) is 0 Å². The van der Waals surface area contributed by atoms with E-state index in [0.717, 1.165) is 5.02 Å². The molecule has 2 unspecified atom stereocenters. The minimum atomic E-state index is 0.480. The molecule has 0 heterocycles. The third kappa shape index (κ3) is 3.22. The average molecular weight is 226 g/mol. The Morgan fingerprint density at radius 1 is 1.20 bits per heavy atom. The predicted octanol–water partition coefficient (Wildman–Crippen LogP) is 3.69. The Morgan fingerprint density at radius 3 is 2.33 bits per heavy atom. The van der Waals surface area contributed by atoms with Crippen molar-refractivity contribution in [2.75, 3.05) is 7.05 Å². The molecule has 84 valence electrons. The lowest BCUT2D eigenvalue weighted by Crippen LogP contribution is -2.35. The van der Waals surface area contributed by atoms with Gasteiger partial charge in [0.05, 0.1) is 0 Å². The van der Waals surface area contributed by atoms with E-state index in [1.807, 2.05) is 19.2 Å². The normalized spacial score (nSPS) is 15.3. The summed E-state index contributed by atoms with van der Waals surface area (Å²) in [7, 11) is 2.02. The molecule has 0 saturated carbocycles. The highest BCUT2D eigenvalue weighted by Gasteiger charge is 2.20. The molecule has 1 rings (SSSR count). The van der Waals surface area contributed by atoms with E-state index in [4.69, 9.17) is 11.6 Å². The number of nitrogens with one attached hydrogen (secondary N) is 1. The minimum absolute atomic E-state index is 0.480. The molecule has 0 radical (unpaired) electrons. The molecule has 15 heavy (non-hydrogen) atoms.